The molecule has 7 rings (SSSR count). The number of ether oxygens (including phenoxy) is 1. The first-order valence-electron chi connectivity index (χ1n) is 18.6. The third kappa shape index (κ3) is 7.92. The van der Waals surface area contributed by atoms with Gasteiger partial charge in [0, 0.05) is 43.8 Å². The van der Waals surface area contributed by atoms with E-state index in [-0.39, 0.29) is 35.7 Å². The summed E-state index contributed by atoms with van der Waals surface area (Å²) in [6, 6.07) is 10.7. The van der Waals surface area contributed by atoms with Crippen LogP contribution in [0, 0.1) is 11.8 Å². The Hall–Kier alpha value is -4.96. The van der Waals surface area contributed by atoms with Gasteiger partial charge in [-0.1, -0.05) is 63.4 Å². The van der Waals surface area contributed by atoms with Crippen molar-refractivity contribution in [1.29, 1.82) is 0 Å². The zero-order valence-corrected chi connectivity index (χ0v) is 33.1. The third-order valence-corrected chi connectivity index (χ3v) is 13.0. The molecule has 0 radical (unpaired) electrons. The van der Waals surface area contributed by atoms with Gasteiger partial charge in [-0.25, -0.2) is 19.6 Å². The number of carbonyl (C=O) groups is 4. The number of methoxy groups -OCH3 is 1. The van der Waals surface area contributed by atoms with Gasteiger partial charge in [0.25, 0.3) is 0 Å². The zero-order valence-electron chi connectivity index (χ0n) is 31.4. The molecular weight excluding hydrogens is 741 g/mol. The monoisotopic (exact) mass is 786 g/mol. The largest absolute Gasteiger partial charge is 0.465 e. The minimum absolute atomic E-state index is 0.113. The van der Waals surface area contributed by atoms with Crippen molar-refractivity contribution >= 4 is 47.5 Å². The molecule has 2 aromatic carbocycles. The van der Waals surface area contributed by atoms with E-state index in [0.717, 1.165) is 73.6 Å². The molecule has 0 spiro atoms. The van der Waals surface area contributed by atoms with Crippen molar-refractivity contribution in [2.75, 3.05) is 20.2 Å². The third-order valence-electron chi connectivity index (χ3n) is 10.4. The van der Waals surface area contributed by atoms with E-state index in [0.29, 0.717) is 18.9 Å². The number of likely N-dealkylation sites (tertiary alicyclic amines) is 2. The molecule has 290 valence electrons. The molecule has 16 heteroatoms. The Morgan fingerprint density at radius 2 is 1.20 bits per heavy atom. The molecule has 4 atom stereocenters. The number of carboxylic acid groups (broad SMARTS) is 1. The van der Waals surface area contributed by atoms with Gasteiger partial charge in [-0.15, -0.1) is 0 Å². The molecule has 0 saturated carbocycles. The van der Waals surface area contributed by atoms with E-state index in [1.807, 2.05) is 38.8 Å². The van der Waals surface area contributed by atoms with Crippen LogP contribution in [-0.4, -0.2) is 91.1 Å². The second-order valence-corrected chi connectivity index (χ2v) is 17.0. The van der Waals surface area contributed by atoms with Crippen LogP contribution in [0.1, 0.15) is 77.1 Å². The van der Waals surface area contributed by atoms with Gasteiger partial charge in [0.2, 0.25) is 11.8 Å². The molecule has 3 aliphatic heterocycles. The summed E-state index contributed by atoms with van der Waals surface area (Å²) in [5.41, 5.74) is 3.67. The highest BCUT2D eigenvalue weighted by Crippen LogP contribution is 2.50. The van der Waals surface area contributed by atoms with E-state index in [2.05, 4.69) is 57.0 Å². The lowest BCUT2D eigenvalue weighted by molar-refractivity contribution is -0.136. The number of benzene rings is 2. The summed E-state index contributed by atoms with van der Waals surface area (Å²) in [5, 5.41) is 14.4. The van der Waals surface area contributed by atoms with Crippen LogP contribution in [0.15, 0.2) is 68.4 Å². The maximum absolute atomic E-state index is 13.6. The Labute approximate surface area is 328 Å². The van der Waals surface area contributed by atoms with Gasteiger partial charge in [0.1, 0.15) is 23.7 Å². The molecule has 5 N–H and O–H groups in total. The summed E-state index contributed by atoms with van der Waals surface area (Å²) in [6.07, 6.45) is 4.94. The van der Waals surface area contributed by atoms with Crippen LogP contribution in [0.25, 0.3) is 22.5 Å². The first-order valence-corrected chi connectivity index (χ1v) is 20.2. The van der Waals surface area contributed by atoms with Crippen LogP contribution in [0.3, 0.4) is 0 Å². The number of imidazole rings is 2. The minimum atomic E-state index is -1.21. The Morgan fingerprint density at radius 1 is 0.745 bits per heavy atom. The van der Waals surface area contributed by atoms with Crippen molar-refractivity contribution in [1.82, 2.24) is 40.4 Å². The molecule has 14 nitrogen and oxygen atoms in total. The number of aromatic nitrogens is 4. The summed E-state index contributed by atoms with van der Waals surface area (Å²) >= 11 is 3.42. The molecule has 2 saturated heterocycles. The van der Waals surface area contributed by atoms with Crippen molar-refractivity contribution in [2.45, 2.75) is 97.1 Å². The lowest BCUT2D eigenvalue weighted by Crippen LogP contribution is -2.51. The molecule has 2 aromatic heterocycles. The Morgan fingerprint density at radius 3 is 1.64 bits per heavy atom. The molecular formula is C39H46N8O6S2. The minimum Gasteiger partial charge on any atom is -0.465 e. The lowest BCUT2D eigenvalue weighted by atomic mass is 10.0. The fraction of sp³-hybridized carbons (Fsp3) is 0.436. The second kappa shape index (κ2) is 16.0. The SMILES string of the molecule is COC(=O)NC(C(=O)N1CCCC1c1ncc(-c2ccc3c(c2)Sc2cc(-c4cnc(C5CCCN5C(=O)C(NC(=O)O)C(C)C)[nH]4)ccc2S3)[nH]1)C(C)C. The normalized spacial score (nSPS) is 18.9. The number of hydrogen-bond donors (Lipinski definition) is 5. The molecule has 3 aliphatic rings. The van der Waals surface area contributed by atoms with E-state index in [9.17, 15) is 24.3 Å². The number of hydrogen-bond acceptors (Lipinski definition) is 9. The van der Waals surface area contributed by atoms with Gasteiger partial charge in [-0.3, -0.25) is 9.59 Å². The Kier molecular flexibility index (Phi) is 11.2. The smallest absolute Gasteiger partial charge is 0.407 e. The summed E-state index contributed by atoms with van der Waals surface area (Å²) < 4.78 is 4.77. The number of nitrogens with one attached hydrogen (secondary N) is 4. The molecule has 4 aromatic rings. The summed E-state index contributed by atoms with van der Waals surface area (Å²) in [4.78, 5) is 74.9. The number of aromatic amines is 2. The molecule has 5 heterocycles. The van der Waals surface area contributed by atoms with Gasteiger partial charge < -0.3 is 40.2 Å². The number of rotatable bonds is 10. The maximum Gasteiger partial charge on any atom is 0.407 e. The number of fused-ring (bicyclic) bond motifs is 2. The molecule has 0 bridgehead atoms. The van der Waals surface area contributed by atoms with Crippen LogP contribution in [0.5, 0.6) is 0 Å². The number of alkyl carbamates (subject to hydrolysis) is 1. The predicted octanol–water partition coefficient (Wildman–Crippen LogP) is 7.08. The number of amides is 4. The van der Waals surface area contributed by atoms with E-state index in [1.54, 1.807) is 34.6 Å². The molecule has 0 aliphatic carbocycles. The highest BCUT2D eigenvalue weighted by molar-refractivity contribution is 8.05. The maximum atomic E-state index is 13.6. The molecule has 55 heavy (non-hydrogen) atoms. The standard InChI is InChI=1S/C39H46N8O6S2/c1-20(2)32(44-38(50)51)36(48)46-14-6-8-26(46)34-40-18-24(42-34)22-10-12-28-30(16-22)55-31-17-23(11-13-29(31)54-28)25-19-41-35(43-25)27-9-7-15-47(27)37(49)33(21(3)4)45-39(52)53-5/h10-13,16-21,26-27,32-33,44H,6-9,14-15H2,1-5H3,(H,40,42)(H,41,43)(H,45,52)(H,50,51). The van der Waals surface area contributed by atoms with E-state index >= 15 is 0 Å². The summed E-state index contributed by atoms with van der Waals surface area (Å²) in [6.45, 7) is 8.60. The zero-order chi connectivity index (χ0) is 39.0. The highest BCUT2D eigenvalue weighted by Gasteiger charge is 2.39. The second-order valence-electron chi connectivity index (χ2n) is 14.8. The predicted molar refractivity (Wildman–Crippen MR) is 208 cm³/mol. The van der Waals surface area contributed by atoms with Crippen molar-refractivity contribution in [3.8, 4) is 22.5 Å². The molecule has 2 fully saturated rings. The van der Waals surface area contributed by atoms with Gasteiger partial charge in [0.05, 0.1) is 43.0 Å². The quantitative estimate of drug-likeness (QED) is 0.0980. The van der Waals surface area contributed by atoms with Gasteiger partial charge in [0.15, 0.2) is 0 Å². The van der Waals surface area contributed by atoms with Crippen molar-refractivity contribution in [3.05, 3.63) is 60.4 Å². The van der Waals surface area contributed by atoms with E-state index in [4.69, 9.17) is 14.7 Å². The van der Waals surface area contributed by atoms with Gasteiger partial charge in [-0.2, -0.15) is 0 Å². The van der Waals surface area contributed by atoms with Crippen LogP contribution in [-0.2, 0) is 14.3 Å². The van der Waals surface area contributed by atoms with Crippen LogP contribution in [0.2, 0.25) is 0 Å². The summed E-state index contributed by atoms with van der Waals surface area (Å²) in [7, 11) is 1.29. The van der Waals surface area contributed by atoms with Crippen molar-refractivity contribution < 1.29 is 29.0 Å². The fourth-order valence-electron chi connectivity index (χ4n) is 7.55. The average Bonchev–Trinajstić information content (AvgIpc) is 4.00. The van der Waals surface area contributed by atoms with Crippen LogP contribution < -0.4 is 10.6 Å². The average molecular weight is 787 g/mol. The molecule has 4 amide bonds. The topological polar surface area (TPSA) is 186 Å². The first-order chi connectivity index (χ1) is 26.4. The fourth-order valence-corrected chi connectivity index (χ4v) is 9.83. The van der Waals surface area contributed by atoms with E-state index in [1.165, 1.54) is 7.11 Å². The van der Waals surface area contributed by atoms with Crippen LogP contribution in [0.4, 0.5) is 9.59 Å². The highest BCUT2D eigenvalue weighted by atomic mass is 32.2. The lowest BCUT2D eigenvalue weighted by Gasteiger charge is -2.30. The number of H-pyrrole nitrogens is 2. The number of carbonyl (C=O) groups excluding carboxylic acids is 3. The first kappa shape index (κ1) is 38.3. The summed E-state index contributed by atoms with van der Waals surface area (Å²) in [5.74, 6) is 0.728. The number of nitrogens with zero attached hydrogens (tertiary/aromatic N) is 4. The van der Waals surface area contributed by atoms with Gasteiger partial charge in [-0.05, 0) is 61.8 Å². The Bertz CT molecular complexity index is 2100. The van der Waals surface area contributed by atoms with Crippen LogP contribution >= 0.6 is 23.5 Å². The molecule has 4 unspecified atom stereocenters. The Balaban J connectivity index is 1.06. The van der Waals surface area contributed by atoms with Crippen molar-refractivity contribution in [2.24, 2.45) is 11.8 Å². The van der Waals surface area contributed by atoms with E-state index < -0.39 is 24.3 Å². The van der Waals surface area contributed by atoms with Crippen molar-refractivity contribution in [3.63, 3.8) is 0 Å². The van der Waals surface area contributed by atoms with Gasteiger partial charge >= 0.3 is 12.2 Å².